The average Bonchev–Trinajstić information content (AvgIpc) is 2.46. The normalized spacial score (nSPS) is 10.1. The van der Waals surface area contributed by atoms with Crippen molar-refractivity contribution in [3.05, 3.63) is 17.7 Å². The minimum absolute atomic E-state index is 0.0293. The van der Waals surface area contributed by atoms with Gasteiger partial charge in [-0.15, -0.1) is 0 Å². The van der Waals surface area contributed by atoms with Crippen molar-refractivity contribution in [3.8, 4) is 17.6 Å². The van der Waals surface area contributed by atoms with Crippen LogP contribution in [-0.4, -0.2) is 37.6 Å². The molecule has 21 heavy (non-hydrogen) atoms. The van der Waals surface area contributed by atoms with Crippen molar-refractivity contribution in [1.82, 2.24) is 4.90 Å². The van der Waals surface area contributed by atoms with Gasteiger partial charge >= 0.3 is 0 Å². The number of rotatable bonds is 6. The van der Waals surface area contributed by atoms with E-state index in [1.807, 2.05) is 19.9 Å². The van der Waals surface area contributed by atoms with Gasteiger partial charge in [0.15, 0.2) is 11.5 Å². The third-order valence-corrected chi connectivity index (χ3v) is 3.13. The maximum absolute atomic E-state index is 12.6. The van der Waals surface area contributed by atoms with E-state index in [0.29, 0.717) is 29.3 Å². The van der Waals surface area contributed by atoms with Crippen molar-refractivity contribution in [2.24, 2.45) is 0 Å². The van der Waals surface area contributed by atoms with E-state index in [2.05, 4.69) is 0 Å². The van der Waals surface area contributed by atoms with Crippen LogP contribution >= 0.6 is 0 Å². The number of ether oxygens (including phenoxy) is 2. The zero-order valence-electron chi connectivity index (χ0n) is 12.8. The quantitative estimate of drug-likeness (QED) is 0.810. The number of carbonyl (C=O) groups excluding carboxylic acids is 1. The molecule has 1 aromatic rings. The fourth-order valence-corrected chi connectivity index (χ4v) is 2.00. The maximum Gasteiger partial charge on any atom is 0.256 e. The molecule has 0 radical (unpaired) electrons. The molecule has 0 heterocycles. The lowest BCUT2D eigenvalue weighted by atomic mass is 10.1. The summed E-state index contributed by atoms with van der Waals surface area (Å²) < 4.78 is 10.4. The summed E-state index contributed by atoms with van der Waals surface area (Å²) in [4.78, 5) is 14.2. The lowest BCUT2D eigenvalue weighted by molar-refractivity contribution is 0.0711. The predicted molar refractivity (Wildman–Crippen MR) is 80.4 cm³/mol. The topological polar surface area (TPSA) is 88.6 Å². The molecular formula is C15H21N3O3. The molecule has 2 N–H and O–H groups in total. The molecule has 6 nitrogen and oxygen atoms in total. The summed E-state index contributed by atoms with van der Waals surface area (Å²) in [5, 5.41) is 8.71. The van der Waals surface area contributed by atoms with Crippen LogP contribution in [0.15, 0.2) is 12.1 Å². The first-order chi connectivity index (χ1) is 9.96. The van der Waals surface area contributed by atoms with Gasteiger partial charge in [0.1, 0.15) is 0 Å². The van der Waals surface area contributed by atoms with Gasteiger partial charge in [0.25, 0.3) is 5.91 Å². The van der Waals surface area contributed by atoms with Crippen LogP contribution in [0.5, 0.6) is 11.5 Å². The van der Waals surface area contributed by atoms with Crippen LogP contribution in [0.4, 0.5) is 5.69 Å². The second-order valence-electron chi connectivity index (χ2n) is 4.79. The van der Waals surface area contributed by atoms with Crippen molar-refractivity contribution < 1.29 is 14.3 Å². The highest BCUT2D eigenvalue weighted by molar-refractivity contribution is 6.00. The van der Waals surface area contributed by atoms with E-state index in [4.69, 9.17) is 20.5 Å². The van der Waals surface area contributed by atoms with Gasteiger partial charge in [-0.1, -0.05) is 0 Å². The van der Waals surface area contributed by atoms with E-state index in [9.17, 15) is 4.79 Å². The summed E-state index contributed by atoms with van der Waals surface area (Å²) in [5.41, 5.74) is 6.61. The Kier molecular flexibility index (Phi) is 5.85. The Bertz CT molecular complexity index is 550. The van der Waals surface area contributed by atoms with Crippen molar-refractivity contribution >= 4 is 11.6 Å². The van der Waals surface area contributed by atoms with Crippen LogP contribution in [0, 0.1) is 11.3 Å². The van der Waals surface area contributed by atoms with Crippen LogP contribution < -0.4 is 15.2 Å². The summed E-state index contributed by atoms with van der Waals surface area (Å²) in [7, 11) is 3.00. The number of hydrogen-bond acceptors (Lipinski definition) is 5. The van der Waals surface area contributed by atoms with Crippen molar-refractivity contribution in [1.29, 1.82) is 5.26 Å². The van der Waals surface area contributed by atoms with E-state index in [0.717, 1.165) is 0 Å². The number of nitriles is 1. The molecule has 0 saturated heterocycles. The van der Waals surface area contributed by atoms with Crippen LogP contribution in [0.1, 0.15) is 30.6 Å². The lowest BCUT2D eigenvalue weighted by Crippen LogP contribution is -2.38. The molecule has 0 aromatic heterocycles. The van der Waals surface area contributed by atoms with E-state index in [-0.39, 0.29) is 18.4 Å². The van der Waals surface area contributed by atoms with Gasteiger partial charge < -0.3 is 20.1 Å². The summed E-state index contributed by atoms with van der Waals surface area (Å²) in [6, 6.07) is 5.15. The highest BCUT2D eigenvalue weighted by Crippen LogP contribution is 2.32. The monoisotopic (exact) mass is 291 g/mol. The standard InChI is InChI=1S/C15H21N3O3/c1-10(2)18(7-5-6-16)15(19)11-8-13(20-3)14(21-4)9-12(11)17/h8-10H,5,7,17H2,1-4H3. The highest BCUT2D eigenvalue weighted by Gasteiger charge is 2.22. The van der Waals surface area contributed by atoms with E-state index in [1.54, 1.807) is 17.0 Å². The minimum Gasteiger partial charge on any atom is -0.493 e. The molecule has 0 fully saturated rings. The number of nitrogen functional groups attached to an aromatic ring is 1. The van der Waals surface area contributed by atoms with E-state index >= 15 is 0 Å². The maximum atomic E-state index is 12.6. The number of benzene rings is 1. The molecule has 0 unspecified atom stereocenters. The SMILES string of the molecule is COc1cc(N)c(C(=O)N(CCC#N)C(C)C)cc1OC. The largest absolute Gasteiger partial charge is 0.493 e. The average molecular weight is 291 g/mol. The van der Waals surface area contributed by atoms with Crippen molar-refractivity contribution in [3.63, 3.8) is 0 Å². The smallest absolute Gasteiger partial charge is 0.256 e. The zero-order chi connectivity index (χ0) is 16.0. The molecule has 0 aliphatic heterocycles. The first kappa shape index (κ1) is 16.6. The summed E-state index contributed by atoms with van der Waals surface area (Å²) in [6.07, 6.45) is 0.275. The number of anilines is 1. The van der Waals surface area contributed by atoms with Gasteiger partial charge in [-0.2, -0.15) is 5.26 Å². The number of methoxy groups -OCH3 is 2. The molecule has 6 heteroatoms. The first-order valence-corrected chi connectivity index (χ1v) is 6.65. The molecule has 0 aliphatic rings. The fraction of sp³-hybridized carbons (Fsp3) is 0.467. The summed E-state index contributed by atoms with van der Waals surface area (Å²) in [6.45, 7) is 4.15. The number of amides is 1. The third-order valence-electron chi connectivity index (χ3n) is 3.13. The zero-order valence-corrected chi connectivity index (χ0v) is 12.8. The van der Waals surface area contributed by atoms with Crippen LogP contribution in [0.3, 0.4) is 0 Å². The Morgan fingerprint density at radius 3 is 2.38 bits per heavy atom. The Hall–Kier alpha value is -2.42. The van der Waals surface area contributed by atoms with Gasteiger partial charge in [-0.3, -0.25) is 4.79 Å². The summed E-state index contributed by atoms with van der Waals surface area (Å²) in [5.74, 6) is 0.692. The Morgan fingerprint density at radius 1 is 1.33 bits per heavy atom. The predicted octanol–water partition coefficient (Wildman–Crippen LogP) is 2.05. The molecule has 0 aliphatic carbocycles. The molecule has 0 spiro atoms. The number of nitrogens with two attached hydrogens (primary N) is 1. The van der Waals surface area contributed by atoms with Gasteiger partial charge in [0.05, 0.1) is 32.3 Å². The Labute approximate surface area is 125 Å². The van der Waals surface area contributed by atoms with Crippen molar-refractivity contribution in [2.45, 2.75) is 26.3 Å². The van der Waals surface area contributed by atoms with E-state index < -0.39 is 0 Å². The fourth-order valence-electron chi connectivity index (χ4n) is 2.00. The Morgan fingerprint density at radius 2 is 1.90 bits per heavy atom. The Balaban J connectivity index is 3.18. The molecule has 0 bridgehead atoms. The summed E-state index contributed by atoms with van der Waals surface area (Å²) >= 11 is 0. The molecule has 1 aromatic carbocycles. The molecular weight excluding hydrogens is 270 g/mol. The van der Waals surface area contributed by atoms with Crippen LogP contribution in [0.25, 0.3) is 0 Å². The molecule has 0 atom stereocenters. The van der Waals surface area contributed by atoms with Gasteiger partial charge in [-0.25, -0.2) is 0 Å². The van der Waals surface area contributed by atoms with Crippen molar-refractivity contribution in [2.75, 3.05) is 26.5 Å². The van der Waals surface area contributed by atoms with Crippen LogP contribution in [-0.2, 0) is 0 Å². The number of hydrogen-bond donors (Lipinski definition) is 1. The number of carbonyl (C=O) groups is 1. The highest BCUT2D eigenvalue weighted by atomic mass is 16.5. The molecule has 0 saturated carbocycles. The lowest BCUT2D eigenvalue weighted by Gasteiger charge is -2.26. The van der Waals surface area contributed by atoms with E-state index in [1.165, 1.54) is 14.2 Å². The van der Waals surface area contributed by atoms with Gasteiger partial charge in [-0.05, 0) is 19.9 Å². The second-order valence-corrected chi connectivity index (χ2v) is 4.79. The minimum atomic E-state index is -0.223. The van der Waals surface area contributed by atoms with Gasteiger partial charge in [0.2, 0.25) is 0 Å². The van der Waals surface area contributed by atoms with Crippen LogP contribution in [0.2, 0.25) is 0 Å². The molecule has 1 rings (SSSR count). The third kappa shape index (κ3) is 3.78. The van der Waals surface area contributed by atoms with Gasteiger partial charge in [0, 0.05) is 24.3 Å². The molecule has 114 valence electrons. The molecule has 1 amide bonds. The first-order valence-electron chi connectivity index (χ1n) is 6.65. The number of nitrogens with zero attached hydrogens (tertiary/aromatic N) is 2. The second kappa shape index (κ2) is 7.39.